The van der Waals surface area contributed by atoms with Crippen LogP contribution in [-0.4, -0.2) is 24.4 Å². The first-order valence-electron chi connectivity index (χ1n) is 6.97. The number of aliphatic hydroxyl groups excluding tert-OH is 1. The molecule has 0 amide bonds. The summed E-state index contributed by atoms with van der Waals surface area (Å²) in [7, 11) is 0. The molecule has 0 aliphatic heterocycles. The van der Waals surface area contributed by atoms with E-state index in [-0.39, 0.29) is 18.8 Å². The minimum absolute atomic E-state index is 0.0354. The van der Waals surface area contributed by atoms with Crippen LogP contribution >= 0.6 is 0 Å². The van der Waals surface area contributed by atoms with Gasteiger partial charge in [-0.25, -0.2) is 0 Å². The van der Waals surface area contributed by atoms with Gasteiger partial charge in [0, 0.05) is 0 Å². The van der Waals surface area contributed by atoms with Crippen LogP contribution in [-0.2, 0) is 4.74 Å². The molecule has 0 heterocycles. The zero-order valence-electron chi connectivity index (χ0n) is 12.9. The van der Waals surface area contributed by atoms with E-state index >= 15 is 0 Å². The number of hydrogen-bond donors (Lipinski definition) is 1. The molecule has 5 nitrogen and oxygen atoms in total. The van der Waals surface area contributed by atoms with Crippen molar-refractivity contribution in [3.8, 4) is 17.9 Å². The zero-order valence-corrected chi connectivity index (χ0v) is 12.9. The first-order valence-corrected chi connectivity index (χ1v) is 6.97. The average Bonchev–Trinajstić information content (AvgIpc) is 2.59. The summed E-state index contributed by atoms with van der Waals surface area (Å²) in [6.07, 6.45) is 4.04. The molecule has 0 fully saturated rings. The summed E-state index contributed by atoms with van der Waals surface area (Å²) in [4.78, 5) is 0. The topological polar surface area (TPSA) is 86.3 Å². The van der Waals surface area contributed by atoms with Crippen molar-refractivity contribution in [3.05, 3.63) is 59.9 Å². The largest absolute Gasteiger partial charge is 0.491 e. The van der Waals surface area contributed by atoms with Crippen molar-refractivity contribution in [1.29, 1.82) is 10.5 Å². The fourth-order valence-electron chi connectivity index (χ4n) is 1.61. The lowest BCUT2D eigenvalue weighted by Crippen LogP contribution is -2.23. The number of aliphatic hydroxyl groups is 1. The highest BCUT2D eigenvalue weighted by atomic mass is 16.5. The second-order valence-electron chi connectivity index (χ2n) is 4.52. The Hall–Kier alpha value is -3.02. The standard InChI is InChI=1S/C18H18N2O3/c1-3-17(4-2)22-12-16(21)13-23-18-7-5-14(6-8-18)9-15(10-19)11-20/h3-9,16,21H,1,12-13H2,2H3/b17-4+. The fraction of sp³-hybridized carbons (Fsp3) is 0.222. The summed E-state index contributed by atoms with van der Waals surface area (Å²) in [5, 5.41) is 27.2. The lowest BCUT2D eigenvalue weighted by molar-refractivity contribution is 0.0404. The van der Waals surface area contributed by atoms with Crippen LogP contribution < -0.4 is 4.74 Å². The molecule has 118 valence electrons. The molecule has 23 heavy (non-hydrogen) atoms. The highest BCUT2D eigenvalue weighted by Gasteiger charge is 2.06. The highest BCUT2D eigenvalue weighted by molar-refractivity contribution is 5.62. The first kappa shape index (κ1) is 18.0. The Morgan fingerprint density at radius 2 is 1.91 bits per heavy atom. The Morgan fingerprint density at radius 1 is 1.26 bits per heavy atom. The van der Waals surface area contributed by atoms with Gasteiger partial charge in [-0.2, -0.15) is 10.5 Å². The van der Waals surface area contributed by atoms with Crippen LogP contribution in [0.2, 0.25) is 0 Å². The number of rotatable bonds is 8. The number of allylic oxidation sites excluding steroid dienone is 3. The normalized spacial score (nSPS) is 11.6. The quantitative estimate of drug-likeness (QED) is 0.453. The molecule has 0 radical (unpaired) electrons. The number of ether oxygens (including phenoxy) is 2. The van der Waals surface area contributed by atoms with E-state index in [1.807, 2.05) is 6.92 Å². The van der Waals surface area contributed by atoms with E-state index in [1.54, 1.807) is 48.6 Å². The summed E-state index contributed by atoms with van der Waals surface area (Å²) in [5.74, 6) is 1.18. The molecule has 0 spiro atoms. The van der Waals surface area contributed by atoms with E-state index < -0.39 is 6.10 Å². The van der Waals surface area contributed by atoms with Crippen LogP contribution in [0, 0.1) is 22.7 Å². The molecular weight excluding hydrogens is 292 g/mol. The van der Waals surface area contributed by atoms with E-state index in [0.29, 0.717) is 11.5 Å². The first-order chi connectivity index (χ1) is 11.1. The molecule has 0 saturated heterocycles. The lowest BCUT2D eigenvalue weighted by atomic mass is 10.1. The third kappa shape index (κ3) is 6.52. The maximum Gasteiger partial charge on any atom is 0.130 e. The van der Waals surface area contributed by atoms with E-state index in [0.717, 1.165) is 5.56 Å². The third-order valence-electron chi connectivity index (χ3n) is 2.80. The van der Waals surface area contributed by atoms with Crippen LogP contribution in [0.5, 0.6) is 5.75 Å². The smallest absolute Gasteiger partial charge is 0.130 e. The third-order valence-corrected chi connectivity index (χ3v) is 2.80. The summed E-state index contributed by atoms with van der Waals surface area (Å²) in [5.41, 5.74) is 0.760. The van der Waals surface area contributed by atoms with Gasteiger partial charge in [-0.15, -0.1) is 0 Å². The van der Waals surface area contributed by atoms with Crippen LogP contribution in [0.4, 0.5) is 0 Å². The number of hydrogen-bond acceptors (Lipinski definition) is 5. The van der Waals surface area contributed by atoms with E-state index in [4.69, 9.17) is 20.0 Å². The molecule has 1 aromatic rings. The maximum atomic E-state index is 9.79. The minimum Gasteiger partial charge on any atom is -0.491 e. The number of benzene rings is 1. The van der Waals surface area contributed by atoms with Gasteiger partial charge in [-0.1, -0.05) is 18.7 Å². The monoisotopic (exact) mass is 310 g/mol. The molecule has 0 aromatic heterocycles. The predicted octanol–water partition coefficient (Wildman–Crippen LogP) is 2.96. The Kier molecular flexibility index (Phi) is 7.71. The Balaban J connectivity index is 2.50. The lowest BCUT2D eigenvalue weighted by Gasteiger charge is -2.14. The predicted molar refractivity (Wildman–Crippen MR) is 87.1 cm³/mol. The van der Waals surface area contributed by atoms with Crippen molar-refractivity contribution in [3.63, 3.8) is 0 Å². The van der Waals surface area contributed by atoms with Gasteiger partial charge in [-0.3, -0.25) is 0 Å². The second-order valence-corrected chi connectivity index (χ2v) is 4.52. The molecule has 1 rings (SSSR count). The maximum absolute atomic E-state index is 9.79. The molecule has 0 aliphatic carbocycles. The van der Waals surface area contributed by atoms with Gasteiger partial charge < -0.3 is 14.6 Å². The van der Waals surface area contributed by atoms with Gasteiger partial charge in [0.05, 0.1) is 0 Å². The molecule has 0 saturated carbocycles. The molecular formula is C18H18N2O3. The van der Waals surface area contributed by atoms with Gasteiger partial charge in [0.15, 0.2) is 0 Å². The molecule has 1 aromatic carbocycles. The minimum atomic E-state index is -0.770. The number of nitrogens with zero attached hydrogens (tertiary/aromatic N) is 2. The Bertz CT molecular complexity index is 645. The summed E-state index contributed by atoms with van der Waals surface area (Å²) >= 11 is 0. The highest BCUT2D eigenvalue weighted by Crippen LogP contribution is 2.15. The van der Waals surface area contributed by atoms with E-state index in [1.165, 1.54) is 6.08 Å². The Labute approximate surface area is 136 Å². The van der Waals surface area contributed by atoms with Gasteiger partial charge in [0.2, 0.25) is 0 Å². The Morgan fingerprint density at radius 3 is 2.43 bits per heavy atom. The van der Waals surface area contributed by atoms with Crippen molar-refractivity contribution < 1.29 is 14.6 Å². The molecule has 0 aliphatic rings. The summed E-state index contributed by atoms with van der Waals surface area (Å²) < 4.78 is 10.8. The molecule has 1 atom stereocenters. The number of nitriles is 2. The molecule has 0 bridgehead atoms. The van der Waals surface area contributed by atoms with Crippen LogP contribution in [0.25, 0.3) is 6.08 Å². The van der Waals surface area contributed by atoms with Gasteiger partial charge in [-0.05, 0) is 42.8 Å². The SMILES string of the molecule is C=C/C(=C\C)OCC(O)COc1ccc(C=C(C#N)C#N)cc1. The van der Waals surface area contributed by atoms with Gasteiger partial charge >= 0.3 is 0 Å². The van der Waals surface area contributed by atoms with Crippen molar-refractivity contribution in [2.24, 2.45) is 0 Å². The molecule has 1 unspecified atom stereocenters. The van der Waals surface area contributed by atoms with E-state index in [9.17, 15) is 5.11 Å². The fourth-order valence-corrected chi connectivity index (χ4v) is 1.61. The van der Waals surface area contributed by atoms with Crippen molar-refractivity contribution >= 4 is 6.08 Å². The van der Waals surface area contributed by atoms with Gasteiger partial charge in [0.25, 0.3) is 0 Å². The van der Waals surface area contributed by atoms with Crippen molar-refractivity contribution in [1.82, 2.24) is 0 Å². The zero-order chi connectivity index (χ0) is 17.1. The second kappa shape index (κ2) is 9.83. The van der Waals surface area contributed by atoms with Crippen molar-refractivity contribution in [2.45, 2.75) is 13.0 Å². The van der Waals surface area contributed by atoms with Crippen molar-refractivity contribution in [2.75, 3.05) is 13.2 Å². The average molecular weight is 310 g/mol. The van der Waals surface area contributed by atoms with Crippen LogP contribution in [0.15, 0.2) is 54.3 Å². The van der Waals surface area contributed by atoms with E-state index in [2.05, 4.69) is 6.58 Å². The summed E-state index contributed by atoms with van der Waals surface area (Å²) in [6, 6.07) is 10.4. The summed E-state index contributed by atoms with van der Waals surface area (Å²) in [6.45, 7) is 5.61. The van der Waals surface area contributed by atoms with Gasteiger partial charge in [0.1, 0.15) is 48.5 Å². The molecule has 1 N–H and O–H groups in total. The van der Waals surface area contributed by atoms with Crippen LogP contribution in [0.3, 0.4) is 0 Å². The molecule has 5 heteroatoms. The van der Waals surface area contributed by atoms with Crippen LogP contribution in [0.1, 0.15) is 12.5 Å².